The first-order valence-electron chi connectivity index (χ1n) is 5.37. The molecule has 0 heterocycles. The van der Waals surface area contributed by atoms with Crippen LogP contribution in [0.1, 0.15) is 19.4 Å². The van der Waals surface area contributed by atoms with E-state index >= 15 is 0 Å². The van der Waals surface area contributed by atoms with E-state index in [0.29, 0.717) is 11.3 Å². The van der Waals surface area contributed by atoms with E-state index in [0.717, 1.165) is 0 Å². The van der Waals surface area contributed by atoms with Gasteiger partial charge in [-0.1, -0.05) is 17.7 Å². The van der Waals surface area contributed by atoms with Crippen LogP contribution in [0.3, 0.4) is 0 Å². The van der Waals surface area contributed by atoms with E-state index in [-0.39, 0.29) is 17.3 Å². The molecule has 102 valence electrons. The third kappa shape index (κ3) is 4.22. The molecule has 0 atom stereocenters. The second-order valence-corrected chi connectivity index (χ2v) is 3.86. The Morgan fingerprint density at radius 1 is 1.58 bits per heavy atom. The molecule has 0 fully saturated rings. The van der Waals surface area contributed by atoms with E-state index in [2.05, 4.69) is 15.3 Å². The van der Waals surface area contributed by atoms with Crippen molar-refractivity contribution in [2.24, 2.45) is 5.10 Å². The Labute approximate surface area is 114 Å². The largest absolute Gasteiger partial charge is 0.449 e. The van der Waals surface area contributed by atoms with Crippen molar-refractivity contribution >= 4 is 29.1 Å². The summed E-state index contributed by atoms with van der Waals surface area (Å²) >= 11 is 5.69. The predicted octanol–water partition coefficient (Wildman–Crippen LogP) is 2.72. The number of nitrogens with one attached hydrogen (secondary N) is 1. The van der Waals surface area contributed by atoms with Crippen LogP contribution >= 0.6 is 11.6 Å². The third-order valence-corrected chi connectivity index (χ3v) is 2.47. The summed E-state index contributed by atoms with van der Waals surface area (Å²) in [5.41, 5.74) is 2.83. The van der Waals surface area contributed by atoms with Gasteiger partial charge in [-0.25, -0.2) is 10.2 Å². The summed E-state index contributed by atoms with van der Waals surface area (Å²) in [6, 6.07) is 4.26. The van der Waals surface area contributed by atoms with Crippen LogP contribution in [0.5, 0.6) is 0 Å². The Morgan fingerprint density at radius 3 is 2.84 bits per heavy atom. The maximum absolute atomic E-state index is 11.0. The Bertz CT molecular complexity index is 531. The summed E-state index contributed by atoms with van der Waals surface area (Å²) in [7, 11) is 0. The maximum Gasteiger partial charge on any atom is 0.427 e. The van der Waals surface area contributed by atoms with Crippen LogP contribution in [0.25, 0.3) is 0 Å². The van der Waals surface area contributed by atoms with Gasteiger partial charge in [0.1, 0.15) is 5.02 Å². The Balaban J connectivity index is 2.91. The summed E-state index contributed by atoms with van der Waals surface area (Å²) in [4.78, 5) is 21.2. The number of hydrogen-bond acceptors (Lipinski definition) is 5. The van der Waals surface area contributed by atoms with Gasteiger partial charge in [0.2, 0.25) is 0 Å². The van der Waals surface area contributed by atoms with Crippen molar-refractivity contribution in [3.8, 4) is 0 Å². The minimum atomic E-state index is -0.690. The summed E-state index contributed by atoms with van der Waals surface area (Å²) in [6.45, 7) is 3.49. The topological polar surface area (TPSA) is 93.8 Å². The SMILES string of the molecule is CCOC(=O)N/N=C(\C)c1ccc(Cl)c([N+](=O)[O-])c1. The zero-order valence-electron chi connectivity index (χ0n) is 10.3. The van der Waals surface area contributed by atoms with Gasteiger partial charge in [-0.05, 0) is 19.9 Å². The Hall–Kier alpha value is -2.15. The molecular weight excluding hydrogens is 274 g/mol. The molecule has 0 spiro atoms. The number of nitro groups is 1. The molecule has 8 heteroatoms. The molecule has 0 saturated heterocycles. The molecule has 1 amide bonds. The number of nitrogens with zero attached hydrogens (tertiary/aromatic N) is 2. The number of nitro benzene ring substituents is 1. The number of halogens is 1. The maximum atomic E-state index is 11.0. The van der Waals surface area contributed by atoms with Crippen LogP contribution in [-0.2, 0) is 4.74 Å². The van der Waals surface area contributed by atoms with Crippen LogP contribution in [0.15, 0.2) is 23.3 Å². The van der Waals surface area contributed by atoms with Crippen LogP contribution in [0.4, 0.5) is 10.5 Å². The van der Waals surface area contributed by atoms with Crippen LogP contribution in [0.2, 0.25) is 5.02 Å². The van der Waals surface area contributed by atoms with Gasteiger partial charge >= 0.3 is 6.09 Å². The van der Waals surface area contributed by atoms with Crippen molar-refractivity contribution in [2.45, 2.75) is 13.8 Å². The number of amides is 1. The number of ether oxygens (including phenoxy) is 1. The van der Waals surface area contributed by atoms with Crippen LogP contribution in [0, 0.1) is 10.1 Å². The number of carbonyl (C=O) groups is 1. The Kier molecular flexibility index (Phi) is 5.25. The number of hydrazone groups is 1. The number of hydrogen-bond donors (Lipinski definition) is 1. The highest BCUT2D eigenvalue weighted by atomic mass is 35.5. The lowest BCUT2D eigenvalue weighted by molar-refractivity contribution is -0.384. The van der Waals surface area contributed by atoms with Gasteiger partial charge in [0.15, 0.2) is 0 Å². The van der Waals surface area contributed by atoms with E-state index in [1.807, 2.05) is 0 Å². The molecule has 0 aromatic heterocycles. The lowest BCUT2D eigenvalue weighted by Gasteiger charge is -2.03. The first kappa shape index (κ1) is 14.9. The molecule has 0 aliphatic rings. The van der Waals surface area contributed by atoms with Crippen molar-refractivity contribution in [3.05, 3.63) is 38.9 Å². The van der Waals surface area contributed by atoms with Crippen molar-refractivity contribution in [1.29, 1.82) is 0 Å². The fourth-order valence-electron chi connectivity index (χ4n) is 1.24. The summed E-state index contributed by atoms with van der Waals surface area (Å²) in [5, 5.41) is 14.6. The van der Waals surface area contributed by atoms with Crippen molar-refractivity contribution in [1.82, 2.24) is 5.43 Å². The highest BCUT2D eigenvalue weighted by Gasteiger charge is 2.13. The van der Waals surface area contributed by atoms with Gasteiger partial charge in [-0.3, -0.25) is 10.1 Å². The molecule has 0 unspecified atom stereocenters. The lowest BCUT2D eigenvalue weighted by Crippen LogP contribution is -2.20. The van der Waals surface area contributed by atoms with Gasteiger partial charge in [-0.15, -0.1) is 0 Å². The fraction of sp³-hybridized carbons (Fsp3) is 0.273. The van der Waals surface area contributed by atoms with Gasteiger partial charge in [0.25, 0.3) is 5.69 Å². The normalized spacial score (nSPS) is 11.0. The monoisotopic (exact) mass is 285 g/mol. The summed E-state index contributed by atoms with van der Waals surface area (Å²) in [5.74, 6) is 0. The smallest absolute Gasteiger partial charge is 0.427 e. The van der Waals surface area contributed by atoms with Crippen LogP contribution < -0.4 is 5.43 Å². The fourth-order valence-corrected chi connectivity index (χ4v) is 1.42. The molecule has 0 aliphatic heterocycles. The van der Waals surface area contributed by atoms with Crippen LogP contribution in [-0.4, -0.2) is 23.3 Å². The minimum absolute atomic E-state index is 0.0416. The summed E-state index contributed by atoms with van der Waals surface area (Å²) < 4.78 is 4.62. The molecule has 0 saturated carbocycles. The average Bonchev–Trinajstić information content (AvgIpc) is 2.36. The van der Waals surface area contributed by atoms with E-state index in [1.165, 1.54) is 12.1 Å². The second kappa shape index (κ2) is 6.69. The molecule has 1 N–H and O–H groups in total. The van der Waals surface area contributed by atoms with E-state index in [4.69, 9.17) is 11.6 Å². The zero-order chi connectivity index (χ0) is 14.4. The van der Waals surface area contributed by atoms with Crippen molar-refractivity contribution < 1.29 is 14.5 Å². The lowest BCUT2D eigenvalue weighted by atomic mass is 10.1. The average molecular weight is 286 g/mol. The van der Waals surface area contributed by atoms with E-state index in [9.17, 15) is 14.9 Å². The molecular formula is C11H12ClN3O4. The molecule has 0 bridgehead atoms. The molecule has 1 rings (SSSR count). The molecule has 1 aromatic rings. The van der Waals surface area contributed by atoms with Gasteiger partial charge in [-0.2, -0.15) is 5.10 Å². The van der Waals surface area contributed by atoms with E-state index < -0.39 is 11.0 Å². The number of benzene rings is 1. The number of carbonyl (C=O) groups excluding carboxylic acids is 1. The van der Waals surface area contributed by atoms with E-state index in [1.54, 1.807) is 19.9 Å². The molecule has 0 radical (unpaired) electrons. The van der Waals surface area contributed by atoms with Crippen molar-refractivity contribution in [3.63, 3.8) is 0 Å². The van der Waals surface area contributed by atoms with Gasteiger partial charge in [0, 0.05) is 11.6 Å². The Morgan fingerprint density at radius 2 is 2.26 bits per heavy atom. The standard InChI is InChI=1S/C11H12ClN3O4/c1-3-19-11(16)14-13-7(2)8-4-5-9(12)10(6-8)15(17)18/h4-6H,3H2,1-2H3,(H,14,16)/b13-7+. The molecule has 0 aliphatic carbocycles. The number of rotatable bonds is 4. The molecule has 7 nitrogen and oxygen atoms in total. The first-order chi connectivity index (χ1) is 8.95. The molecule has 1 aromatic carbocycles. The van der Waals surface area contributed by atoms with Gasteiger partial charge < -0.3 is 4.74 Å². The highest BCUT2D eigenvalue weighted by Crippen LogP contribution is 2.25. The summed E-state index contributed by atoms with van der Waals surface area (Å²) in [6.07, 6.45) is -0.690. The quantitative estimate of drug-likeness (QED) is 0.523. The zero-order valence-corrected chi connectivity index (χ0v) is 11.1. The third-order valence-electron chi connectivity index (χ3n) is 2.15. The first-order valence-corrected chi connectivity index (χ1v) is 5.74. The van der Waals surface area contributed by atoms with Crippen molar-refractivity contribution in [2.75, 3.05) is 6.61 Å². The predicted molar refractivity (Wildman–Crippen MR) is 70.5 cm³/mol. The highest BCUT2D eigenvalue weighted by molar-refractivity contribution is 6.32. The molecule has 19 heavy (non-hydrogen) atoms. The second-order valence-electron chi connectivity index (χ2n) is 3.45. The van der Waals surface area contributed by atoms with Gasteiger partial charge in [0.05, 0.1) is 17.2 Å². The minimum Gasteiger partial charge on any atom is -0.449 e.